The first kappa shape index (κ1) is 32.8. The number of fused-ring (bicyclic) bond motifs is 5. The Labute approximate surface area is 315 Å². The molecule has 1 heterocycles. The number of anilines is 1. The lowest BCUT2D eigenvalue weighted by Crippen LogP contribution is -2.37. The van der Waals surface area contributed by atoms with Gasteiger partial charge < -0.3 is 9.32 Å². The topological polar surface area (TPSA) is 16.4 Å². The van der Waals surface area contributed by atoms with E-state index in [2.05, 4.69) is 146 Å². The van der Waals surface area contributed by atoms with E-state index in [1.165, 1.54) is 47.1 Å². The van der Waals surface area contributed by atoms with Crippen LogP contribution in [0.3, 0.4) is 0 Å². The minimum absolute atomic E-state index is 0.119. The summed E-state index contributed by atoms with van der Waals surface area (Å²) in [5.74, 6) is 1.89. The molecule has 2 nitrogen and oxygen atoms in total. The SMILES string of the molecule is CC1C=C(C2C=CC(N(C3=CC=C4C5=C(C=CCC5)C(C5=CC=CCC5)(C5=CC=CCC5)C4C3)c3cccc4oc5ccccc5c34)=CC2C)CCC1. The van der Waals surface area contributed by atoms with E-state index in [9.17, 15) is 0 Å². The van der Waals surface area contributed by atoms with Gasteiger partial charge in [-0.2, -0.15) is 0 Å². The van der Waals surface area contributed by atoms with Crippen molar-refractivity contribution in [3.8, 4) is 0 Å². The number of rotatable bonds is 6. The van der Waals surface area contributed by atoms with Crippen molar-refractivity contribution in [2.24, 2.45) is 29.1 Å². The smallest absolute Gasteiger partial charge is 0.137 e. The van der Waals surface area contributed by atoms with Crippen LogP contribution >= 0.6 is 0 Å². The Hall–Kier alpha value is -4.82. The van der Waals surface area contributed by atoms with Crippen LogP contribution in [0, 0.1) is 29.1 Å². The highest BCUT2D eigenvalue weighted by molar-refractivity contribution is 6.12. The number of nitrogens with zero attached hydrogens (tertiary/aromatic N) is 1. The molecule has 7 aliphatic rings. The summed E-state index contributed by atoms with van der Waals surface area (Å²) >= 11 is 0. The summed E-state index contributed by atoms with van der Waals surface area (Å²) in [6, 6.07) is 15.2. The van der Waals surface area contributed by atoms with Crippen LogP contribution in [0.5, 0.6) is 0 Å². The second kappa shape index (κ2) is 13.2. The lowest BCUT2D eigenvalue weighted by Gasteiger charge is -2.46. The first-order valence-corrected chi connectivity index (χ1v) is 20.5. The molecule has 0 bridgehead atoms. The molecule has 10 rings (SSSR count). The van der Waals surface area contributed by atoms with Crippen molar-refractivity contribution >= 4 is 27.6 Å². The van der Waals surface area contributed by atoms with Gasteiger partial charge in [0, 0.05) is 34.0 Å². The van der Waals surface area contributed by atoms with Crippen LogP contribution in [0.4, 0.5) is 5.69 Å². The van der Waals surface area contributed by atoms with Crippen molar-refractivity contribution in [1.82, 2.24) is 0 Å². The van der Waals surface area contributed by atoms with Gasteiger partial charge in [0.1, 0.15) is 11.2 Å². The van der Waals surface area contributed by atoms with Crippen molar-refractivity contribution < 1.29 is 4.42 Å². The highest BCUT2D eigenvalue weighted by atomic mass is 16.3. The van der Waals surface area contributed by atoms with Crippen molar-refractivity contribution in [3.63, 3.8) is 0 Å². The van der Waals surface area contributed by atoms with E-state index in [1.54, 1.807) is 33.4 Å². The summed E-state index contributed by atoms with van der Waals surface area (Å²) in [7, 11) is 0. The average molecular weight is 694 g/mol. The van der Waals surface area contributed by atoms with Crippen LogP contribution in [0.1, 0.15) is 78.1 Å². The maximum Gasteiger partial charge on any atom is 0.137 e. The molecule has 4 unspecified atom stereocenters. The zero-order valence-corrected chi connectivity index (χ0v) is 31.4. The van der Waals surface area contributed by atoms with E-state index >= 15 is 0 Å². The van der Waals surface area contributed by atoms with Gasteiger partial charge in [-0.25, -0.2) is 0 Å². The van der Waals surface area contributed by atoms with E-state index in [4.69, 9.17) is 4.42 Å². The van der Waals surface area contributed by atoms with Crippen LogP contribution < -0.4 is 4.90 Å². The number of allylic oxidation sites excluding steroid dienone is 21. The number of hydrogen-bond donors (Lipinski definition) is 0. The lowest BCUT2D eigenvalue weighted by molar-refractivity contribution is 0.358. The molecular formula is C51H51NO. The highest BCUT2D eigenvalue weighted by Gasteiger charge is 2.55. The molecule has 2 heteroatoms. The molecule has 0 N–H and O–H groups in total. The normalized spacial score (nSPS) is 27.5. The molecule has 0 amide bonds. The van der Waals surface area contributed by atoms with Crippen LogP contribution in [0.25, 0.3) is 21.9 Å². The summed E-state index contributed by atoms with van der Waals surface area (Å²) in [6.45, 7) is 4.82. The molecule has 53 heavy (non-hydrogen) atoms. The number of benzene rings is 2. The van der Waals surface area contributed by atoms with E-state index in [0.29, 0.717) is 23.7 Å². The second-order valence-corrected chi connectivity index (χ2v) is 16.5. The van der Waals surface area contributed by atoms with E-state index < -0.39 is 0 Å². The van der Waals surface area contributed by atoms with Gasteiger partial charge in [-0.05, 0) is 123 Å². The minimum atomic E-state index is -0.119. The fourth-order valence-corrected chi connectivity index (χ4v) is 11.2. The quantitative estimate of drug-likeness (QED) is 0.239. The zero-order chi connectivity index (χ0) is 35.5. The third kappa shape index (κ3) is 5.27. The molecule has 3 aromatic rings. The Balaban J connectivity index is 1.15. The second-order valence-electron chi connectivity index (χ2n) is 16.5. The Morgan fingerprint density at radius 1 is 0.755 bits per heavy atom. The molecule has 0 radical (unpaired) electrons. The fourth-order valence-electron chi connectivity index (χ4n) is 11.2. The van der Waals surface area contributed by atoms with E-state index in [1.807, 2.05) is 0 Å². The van der Waals surface area contributed by atoms with Gasteiger partial charge in [-0.15, -0.1) is 0 Å². The van der Waals surface area contributed by atoms with E-state index in [-0.39, 0.29) is 5.41 Å². The van der Waals surface area contributed by atoms with Crippen molar-refractivity contribution in [1.29, 1.82) is 0 Å². The molecular weight excluding hydrogens is 643 g/mol. The van der Waals surface area contributed by atoms with Gasteiger partial charge in [0.25, 0.3) is 0 Å². The molecule has 0 saturated carbocycles. The maximum absolute atomic E-state index is 6.53. The molecule has 7 aliphatic carbocycles. The minimum Gasteiger partial charge on any atom is -0.456 e. The zero-order valence-electron chi connectivity index (χ0n) is 31.4. The maximum atomic E-state index is 6.53. The van der Waals surface area contributed by atoms with Gasteiger partial charge >= 0.3 is 0 Å². The third-order valence-corrected chi connectivity index (χ3v) is 13.4. The monoisotopic (exact) mass is 693 g/mol. The molecule has 1 aromatic heterocycles. The lowest BCUT2D eigenvalue weighted by atomic mass is 9.58. The van der Waals surface area contributed by atoms with Gasteiger partial charge in [-0.1, -0.05) is 128 Å². The Bertz CT molecular complexity index is 2320. The Morgan fingerprint density at radius 2 is 1.55 bits per heavy atom. The highest BCUT2D eigenvalue weighted by Crippen LogP contribution is 2.65. The predicted molar refractivity (Wildman–Crippen MR) is 222 cm³/mol. The molecule has 0 fully saturated rings. The first-order chi connectivity index (χ1) is 26.1. The van der Waals surface area contributed by atoms with Gasteiger partial charge in [0.2, 0.25) is 0 Å². The number of para-hydroxylation sites is 1. The molecule has 0 spiro atoms. The predicted octanol–water partition coefficient (Wildman–Crippen LogP) is 13.9. The van der Waals surface area contributed by atoms with Crippen LogP contribution in [-0.2, 0) is 0 Å². The summed E-state index contributed by atoms with van der Waals surface area (Å²) in [5, 5.41) is 2.38. The van der Waals surface area contributed by atoms with Crippen LogP contribution in [0.2, 0.25) is 0 Å². The summed E-state index contributed by atoms with van der Waals surface area (Å²) < 4.78 is 6.53. The number of furan rings is 1. The van der Waals surface area contributed by atoms with Crippen molar-refractivity contribution in [3.05, 3.63) is 172 Å². The van der Waals surface area contributed by atoms with Crippen molar-refractivity contribution in [2.75, 3.05) is 4.90 Å². The summed E-state index contributed by atoms with van der Waals surface area (Å²) in [6.07, 6.45) is 46.0. The standard InChI is InChI=1S/C51H51NO/c1-34-15-13-16-36(31-34)41-29-27-39(32-35(41)2)52(47-24-14-26-49-50(47)44-22-10-12-25-48(44)53-49)40-28-30-43-42-21-9-11-23-45(42)51(46(43)33-40,37-17-5-3-6-18-37)38-19-7-4-8-20-38/h3-5,7,10-12,14,17,19,22-32,34-35,41,46H,6,8-9,13,15-16,18,20-21,33H2,1-2H3. The van der Waals surface area contributed by atoms with Crippen LogP contribution in [0.15, 0.2) is 177 Å². The molecule has 4 atom stereocenters. The van der Waals surface area contributed by atoms with Crippen molar-refractivity contribution in [2.45, 2.75) is 78.1 Å². The summed E-state index contributed by atoms with van der Waals surface area (Å²) in [5.41, 5.74) is 15.2. The van der Waals surface area contributed by atoms with Gasteiger partial charge in [0.05, 0.1) is 11.1 Å². The molecule has 2 aromatic carbocycles. The average Bonchev–Trinajstić information content (AvgIpc) is 3.73. The van der Waals surface area contributed by atoms with Gasteiger partial charge in [-0.3, -0.25) is 0 Å². The Kier molecular flexibility index (Phi) is 8.19. The van der Waals surface area contributed by atoms with Crippen LogP contribution in [-0.4, -0.2) is 0 Å². The molecule has 0 saturated heterocycles. The van der Waals surface area contributed by atoms with E-state index in [0.717, 1.165) is 56.1 Å². The fraction of sp³-hybridized carbons (Fsp3) is 0.333. The van der Waals surface area contributed by atoms with Gasteiger partial charge in [0.15, 0.2) is 0 Å². The molecule has 266 valence electrons. The molecule has 0 aliphatic heterocycles. The Morgan fingerprint density at radius 3 is 2.32 bits per heavy atom. The third-order valence-electron chi connectivity index (χ3n) is 13.4. The first-order valence-electron chi connectivity index (χ1n) is 20.5. The largest absolute Gasteiger partial charge is 0.456 e. The summed E-state index contributed by atoms with van der Waals surface area (Å²) in [4.78, 5) is 2.63. The number of hydrogen-bond acceptors (Lipinski definition) is 2.